The molecule has 16 heteroatoms. The predicted octanol–water partition coefficient (Wildman–Crippen LogP) is 0.506. The van der Waals surface area contributed by atoms with Gasteiger partial charge in [0.15, 0.2) is 29.3 Å². The summed E-state index contributed by atoms with van der Waals surface area (Å²) >= 11 is 0. The van der Waals surface area contributed by atoms with Crippen molar-refractivity contribution in [3.8, 4) is 0 Å². The number of nitrogens with one attached hydrogen (secondary N) is 3. The maximum Gasteiger partial charge on any atom is 0.252 e. The molecule has 6 rings (SSSR count). The fraction of sp³-hybridized carbons (Fsp3) is 0.345. The topological polar surface area (TPSA) is 216 Å². The van der Waals surface area contributed by atoms with Crippen molar-refractivity contribution in [2.45, 2.75) is 43.9 Å². The van der Waals surface area contributed by atoms with Crippen molar-refractivity contribution in [1.29, 1.82) is 0 Å². The minimum absolute atomic E-state index is 0.0215. The second kappa shape index (κ2) is 13.2. The Kier molecular flexibility index (Phi) is 8.39. The lowest BCUT2D eigenvalue weighted by molar-refractivity contribution is -0.137. The highest BCUT2D eigenvalue weighted by Crippen LogP contribution is 2.33. The number of imidazole rings is 1. The Bertz CT molecular complexity index is 1720. The second-order valence-corrected chi connectivity index (χ2v) is 10.4. The molecule has 234 valence electrons. The van der Waals surface area contributed by atoms with Crippen LogP contribution in [0.2, 0.25) is 0 Å². The van der Waals surface area contributed by atoms with Gasteiger partial charge in [-0.1, -0.05) is 65.8 Å². The van der Waals surface area contributed by atoms with Gasteiger partial charge < -0.3 is 36.6 Å². The van der Waals surface area contributed by atoms with Gasteiger partial charge in [-0.2, -0.15) is 9.97 Å². The number of amides is 1. The highest BCUT2D eigenvalue weighted by atomic mass is 16.6. The maximum absolute atomic E-state index is 12.6. The van der Waals surface area contributed by atoms with E-state index in [1.807, 2.05) is 36.4 Å². The first-order valence-electron chi connectivity index (χ1n) is 15.1. The third-order valence-corrected chi connectivity index (χ3v) is 7.54. The van der Waals surface area contributed by atoms with Crippen molar-refractivity contribution < 1.29 is 21.1 Å². The van der Waals surface area contributed by atoms with Crippen LogP contribution in [0.25, 0.3) is 11.2 Å². The SMILES string of the molecule is [2H]CCNC(=O)[C@H]1OC(n2cnc3c(NCC(c4ccccc4)c4ccccc4)nc(NCCn4nnnc4N)nc32)[C@H](O)[C@@H]1O. The van der Waals surface area contributed by atoms with Crippen LogP contribution in [0.15, 0.2) is 67.0 Å². The summed E-state index contributed by atoms with van der Waals surface area (Å²) in [4.78, 5) is 26.5. The predicted molar refractivity (Wildman–Crippen MR) is 164 cm³/mol. The van der Waals surface area contributed by atoms with Gasteiger partial charge >= 0.3 is 0 Å². The molecule has 3 aromatic heterocycles. The van der Waals surface area contributed by atoms with E-state index in [0.29, 0.717) is 36.6 Å². The average molecular weight is 616 g/mol. The number of likely N-dealkylation sites (N-methyl/N-ethyl adjacent to an activating group) is 1. The molecule has 16 nitrogen and oxygen atoms in total. The smallest absolute Gasteiger partial charge is 0.252 e. The van der Waals surface area contributed by atoms with Crippen LogP contribution in [0, 0.1) is 0 Å². The molecule has 0 spiro atoms. The molecule has 0 saturated carbocycles. The molecule has 4 heterocycles. The zero-order valence-electron chi connectivity index (χ0n) is 25.1. The number of carbonyl (C=O) groups is 1. The number of carbonyl (C=O) groups excluding carboxylic acids is 1. The molecule has 2 aromatic carbocycles. The van der Waals surface area contributed by atoms with Crippen molar-refractivity contribution in [1.82, 2.24) is 45.0 Å². The number of ether oxygens (including phenoxy) is 1. The number of hydrogen-bond donors (Lipinski definition) is 6. The number of fused-ring (bicyclic) bond motifs is 1. The summed E-state index contributed by atoms with van der Waals surface area (Å²) in [5.41, 5.74) is 8.70. The van der Waals surface area contributed by atoms with Crippen molar-refractivity contribution in [3.63, 3.8) is 0 Å². The Labute approximate surface area is 259 Å². The molecule has 1 aliphatic rings. The lowest BCUT2D eigenvalue weighted by Crippen LogP contribution is -2.42. The number of aromatic nitrogens is 8. The normalized spacial score (nSPS) is 19.9. The van der Waals surface area contributed by atoms with Crippen molar-refractivity contribution >= 4 is 34.8 Å². The molecule has 5 aromatic rings. The number of tetrazole rings is 1. The first-order chi connectivity index (χ1) is 22.4. The summed E-state index contributed by atoms with van der Waals surface area (Å²) in [5.74, 6) is 0.172. The lowest BCUT2D eigenvalue weighted by Gasteiger charge is -2.20. The highest BCUT2D eigenvalue weighted by Gasteiger charge is 2.47. The molecular formula is C29H34N12O4. The van der Waals surface area contributed by atoms with Crippen molar-refractivity contribution in [3.05, 3.63) is 78.1 Å². The number of nitrogens with two attached hydrogens (primary N) is 1. The molecule has 7 N–H and O–H groups in total. The maximum atomic E-state index is 12.6. The van der Waals surface area contributed by atoms with Crippen molar-refractivity contribution in [2.75, 3.05) is 36.0 Å². The fourth-order valence-corrected chi connectivity index (χ4v) is 5.28. The van der Waals surface area contributed by atoms with E-state index in [2.05, 4.69) is 65.7 Å². The molecule has 0 radical (unpaired) electrons. The number of rotatable bonds is 12. The van der Waals surface area contributed by atoms with Crippen LogP contribution in [0.4, 0.5) is 17.7 Å². The van der Waals surface area contributed by atoms with E-state index in [1.54, 1.807) is 0 Å². The number of nitrogens with zero attached hydrogens (tertiary/aromatic N) is 8. The minimum Gasteiger partial charge on any atom is -0.387 e. The number of aliphatic hydroxyl groups is 2. The van der Waals surface area contributed by atoms with Gasteiger partial charge in [-0.05, 0) is 28.5 Å². The van der Waals surface area contributed by atoms with Gasteiger partial charge in [-0.25, -0.2) is 9.67 Å². The Morgan fingerprint density at radius 2 is 1.80 bits per heavy atom. The zero-order chi connectivity index (χ0) is 32.0. The zero-order valence-corrected chi connectivity index (χ0v) is 24.1. The van der Waals surface area contributed by atoms with E-state index in [-0.39, 0.29) is 31.3 Å². The van der Waals surface area contributed by atoms with Gasteiger partial charge in [0.2, 0.25) is 11.9 Å². The van der Waals surface area contributed by atoms with E-state index in [9.17, 15) is 15.0 Å². The first kappa shape index (κ1) is 28.6. The van der Waals surface area contributed by atoms with Crippen LogP contribution in [0.5, 0.6) is 0 Å². The van der Waals surface area contributed by atoms with Gasteiger partial charge in [-0.15, -0.1) is 0 Å². The number of benzene rings is 2. The number of aliphatic hydroxyl groups excluding tert-OH is 2. The van der Waals surface area contributed by atoms with Crippen molar-refractivity contribution in [2.24, 2.45) is 0 Å². The summed E-state index contributed by atoms with van der Waals surface area (Å²) in [5, 5.41) is 41.8. The molecule has 45 heavy (non-hydrogen) atoms. The highest BCUT2D eigenvalue weighted by molar-refractivity contribution is 5.85. The Morgan fingerprint density at radius 1 is 1.07 bits per heavy atom. The average Bonchev–Trinajstić information content (AvgIpc) is 3.78. The second-order valence-electron chi connectivity index (χ2n) is 10.4. The molecule has 4 atom stereocenters. The quantitative estimate of drug-likeness (QED) is 0.113. The molecule has 0 bridgehead atoms. The van der Waals surface area contributed by atoms with E-state index in [4.69, 9.17) is 16.8 Å². The van der Waals surface area contributed by atoms with Crippen LogP contribution in [-0.2, 0) is 16.1 Å². The van der Waals surface area contributed by atoms with Gasteiger partial charge in [-0.3, -0.25) is 9.36 Å². The third kappa shape index (κ3) is 6.24. The number of hydrogen-bond acceptors (Lipinski definition) is 13. The fourth-order valence-electron chi connectivity index (χ4n) is 5.28. The molecule has 1 saturated heterocycles. The summed E-state index contributed by atoms with van der Waals surface area (Å²) in [6, 6.07) is 20.2. The van der Waals surface area contributed by atoms with Gasteiger partial charge in [0.1, 0.15) is 12.2 Å². The molecule has 1 aliphatic heterocycles. The largest absolute Gasteiger partial charge is 0.387 e. The molecular weight excluding hydrogens is 580 g/mol. The van der Waals surface area contributed by atoms with Gasteiger partial charge in [0, 0.05) is 26.9 Å². The summed E-state index contributed by atoms with van der Waals surface area (Å²) in [6.07, 6.45) is -4.07. The summed E-state index contributed by atoms with van der Waals surface area (Å²) in [7, 11) is 0. The van der Waals surface area contributed by atoms with Crippen LogP contribution >= 0.6 is 0 Å². The standard InChI is InChI=1S/C29H34N12O4/c1-2-31-26(44)23-21(42)22(43)27(45-23)40-16-34-20-24(35-29(36-25(20)40)32-13-14-41-28(30)37-38-39-41)33-15-19(17-9-5-3-6-10-17)18-11-7-4-8-12-18/h3-12,16,19,21-23,27,42-43H,2,13-15H2,1H3,(H,31,44)(H2,30,37,39)(H2,32,33,35,36)/t21-,22+,23-,27?/m0/s1/i1D. The van der Waals surface area contributed by atoms with E-state index in [1.165, 1.54) is 15.6 Å². The molecule has 1 unspecified atom stereocenters. The lowest BCUT2D eigenvalue weighted by atomic mass is 9.91. The van der Waals surface area contributed by atoms with Crippen LogP contribution in [-0.4, -0.2) is 93.8 Å². The van der Waals surface area contributed by atoms with Crippen LogP contribution in [0.3, 0.4) is 0 Å². The first-order valence-corrected chi connectivity index (χ1v) is 14.4. The molecule has 1 amide bonds. The monoisotopic (exact) mass is 615 g/mol. The van der Waals surface area contributed by atoms with E-state index >= 15 is 0 Å². The van der Waals surface area contributed by atoms with Crippen LogP contribution in [0.1, 0.15) is 31.5 Å². The van der Waals surface area contributed by atoms with E-state index < -0.39 is 30.4 Å². The third-order valence-electron chi connectivity index (χ3n) is 7.54. The van der Waals surface area contributed by atoms with Gasteiger partial charge in [0.25, 0.3) is 5.91 Å². The summed E-state index contributed by atoms with van der Waals surface area (Å²) in [6.45, 7) is 1.17. The van der Waals surface area contributed by atoms with Crippen LogP contribution < -0.4 is 21.7 Å². The van der Waals surface area contributed by atoms with Gasteiger partial charge in [0.05, 0.1) is 12.9 Å². The number of anilines is 3. The Morgan fingerprint density at radius 3 is 2.47 bits per heavy atom. The molecule has 1 fully saturated rings. The Balaban J connectivity index is 1.32. The van der Waals surface area contributed by atoms with E-state index in [0.717, 1.165) is 11.1 Å². The molecule has 0 aliphatic carbocycles. The number of nitrogen functional groups attached to an aromatic ring is 1. The summed E-state index contributed by atoms with van der Waals surface area (Å²) < 4.78 is 16.0. The Hall–Kier alpha value is -5.19. The minimum atomic E-state index is -1.51.